The SMILES string of the molecule is Cc1cc(F)cc(NC(=O)C(C)(N)c2ccccc2)c1. The Kier molecular flexibility index (Phi) is 3.86. The molecule has 0 spiro atoms. The molecule has 0 saturated heterocycles. The third-order valence-electron chi connectivity index (χ3n) is 3.15. The van der Waals surface area contributed by atoms with E-state index in [9.17, 15) is 9.18 Å². The summed E-state index contributed by atoms with van der Waals surface area (Å²) >= 11 is 0. The van der Waals surface area contributed by atoms with Crippen molar-refractivity contribution in [2.45, 2.75) is 19.4 Å². The van der Waals surface area contributed by atoms with Crippen LogP contribution in [-0.2, 0) is 10.3 Å². The molecule has 4 heteroatoms. The number of hydrogen-bond donors (Lipinski definition) is 2. The molecule has 2 rings (SSSR count). The van der Waals surface area contributed by atoms with Gasteiger partial charge < -0.3 is 11.1 Å². The topological polar surface area (TPSA) is 55.1 Å². The van der Waals surface area contributed by atoms with E-state index in [0.717, 1.165) is 5.56 Å². The van der Waals surface area contributed by atoms with E-state index in [1.54, 1.807) is 32.0 Å². The van der Waals surface area contributed by atoms with Crippen molar-refractivity contribution in [2.24, 2.45) is 5.73 Å². The number of amides is 1. The molecule has 2 aromatic rings. The van der Waals surface area contributed by atoms with Crippen molar-refractivity contribution >= 4 is 11.6 Å². The van der Waals surface area contributed by atoms with E-state index in [1.807, 2.05) is 18.2 Å². The van der Waals surface area contributed by atoms with E-state index >= 15 is 0 Å². The van der Waals surface area contributed by atoms with Crippen molar-refractivity contribution in [3.8, 4) is 0 Å². The first kappa shape index (κ1) is 14.2. The molecule has 0 aliphatic heterocycles. The summed E-state index contributed by atoms with van der Waals surface area (Å²) in [5.74, 6) is -0.771. The van der Waals surface area contributed by atoms with Crippen LogP contribution in [0.5, 0.6) is 0 Å². The smallest absolute Gasteiger partial charge is 0.248 e. The van der Waals surface area contributed by atoms with Crippen LogP contribution in [-0.4, -0.2) is 5.91 Å². The highest BCUT2D eigenvalue weighted by Gasteiger charge is 2.30. The molecule has 1 amide bonds. The standard InChI is InChI=1S/C16H17FN2O/c1-11-8-13(17)10-14(9-11)19-15(20)16(2,18)12-6-4-3-5-7-12/h3-10H,18H2,1-2H3,(H,19,20). The first-order valence-corrected chi connectivity index (χ1v) is 6.32. The van der Waals surface area contributed by atoms with Crippen molar-refractivity contribution in [3.63, 3.8) is 0 Å². The lowest BCUT2D eigenvalue weighted by Crippen LogP contribution is -2.45. The van der Waals surface area contributed by atoms with Gasteiger partial charge in [-0.05, 0) is 43.2 Å². The van der Waals surface area contributed by atoms with Gasteiger partial charge in [-0.25, -0.2) is 4.39 Å². The molecule has 3 nitrogen and oxygen atoms in total. The average molecular weight is 272 g/mol. The number of halogens is 1. The van der Waals surface area contributed by atoms with Gasteiger partial charge in [-0.1, -0.05) is 30.3 Å². The molecule has 20 heavy (non-hydrogen) atoms. The van der Waals surface area contributed by atoms with Crippen LogP contribution in [0.1, 0.15) is 18.1 Å². The van der Waals surface area contributed by atoms with Gasteiger partial charge in [0.1, 0.15) is 11.4 Å². The number of hydrogen-bond acceptors (Lipinski definition) is 2. The lowest BCUT2D eigenvalue weighted by molar-refractivity contribution is -0.120. The van der Waals surface area contributed by atoms with Crippen molar-refractivity contribution < 1.29 is 9.18 Å². The maximum Gasteiger partial charge on any atom is 0.248 e. The molecule has 1 unspecified atom stereocenters. The van der Waals surface area contributed by atoms with Crippen LogP contribution in [0.4, 0.5) is 10.1 Å². The van der Waals surface area contributed by atoms with Crippen LogP contribution < -0.4 is 11.1 Å². The van der Waals surface area contributed by atoms with Crippen LogP contribution in [0.3, 0.4) is 0 Å². The molecule has 0 saturated carbocycles. The maximum absolute atomic E-state index is 13.3. The molecular formula is C16H17FN2O. The monoisotopic (exact) mass is 272 g/mol. The summed E-state index contributed by atoms with van der Waals surface area (Å²) in [5, 5.41) is 2.66. The predicted octanol–water partition coefficient (Wildman–Crippen LogP) is 2.95. The third-order valence-corrected chi connectivity index (χ3v) is 3.15. The minimum Gasteiger partial charge on any atom is -0.324 e. The van der Waals surface area contributed by atoms with Crippen LogP contribution in [0.25, 0.3) is 0 Å². The number of carbonyl (C=O) groups excluding carboxylic acids is 1. The van der Waals surface area contributed by atoms with E-state index in [4.69, 9.17) is 5.73 Å². The normalized spacial score (nSPS) is 13.6. The maximum atomic E-state index is 13.3. The van der Waals surface area contributed by atoms with Crippen molar-refractivity contribution in [1.29, 1.82) is 0 Å². The predicted molar refractivity (Wildman–Crippen MR) is 77.7 cm³/mol. The average Bonchev–Trinajstić information content (AvgIpc) is 2.38. The van der Waals surface area contributed by atoms with Gasteiger partial charge in [-0.3, -0.25) is 4.79 Å². The second-order valence-corrected chi connectivity index (χ2v) is 5.04. The Labute approximate surface area is 117 Å². The Hall–Kier alpha value is -2.20. The Morgan fingerprint density at radius 1 is 1.20 bits per heavy atom. The number of nitrogens with two attached hydrogens (primary N) is 1. The molecule has 0 aliphatic rings. The van der Waals surface area contributed by atoms with Gasteiger partial charge in [-0.15, -0.1) is 0 Å². The third kappa shape index (κ3) is 3.03. The lowest BCUT2D eigenvalue weighted by atomic mass is 9.92. The molecule has 2 aromatic carbocycles. The number of rotatable bonds is 3. The molecule has 104 valence electrons. The minimum absolute atomic E-state index is 0.381. The van der Waals surface area contributed by atoms with Crippen molar-refractivity contribution in [3.05, 3.63) is 65.5 Å². The molecule has 0 heterocycles. The van der Waals surface area contributed by atoms with E-state index < -0.39 is 11.4 Å². The van der Waals surface area contributed by atoms with Gasteiger partial charge in [0.15, 0.2) is 0 Å². The summed E-state index contributed by atoms with van der Waals surface area (Å²) in [6, 6.07) is 13.4. The zero-order valence-corrected chi connectivity index (χ0v) is 11.5. The second-order valence-electron chi connectivity index (χ2n) is 5.04. The molecule has 0 aliphatic carbocycles. The van der Waals surface area contributed by atoms with Gasteiger partial charge in [0.25, 0.3) is 0 Å². The molecule has 0 fully saturated rings. The van der Waals surface area contributed by atoms with E-state index in [2.05, 4.69) is 5.32 Å². The van der Waals surface area contributed by atoms with Crippen LogP contribution in [0.2, 0.25) is 0 Å². The number of benzene rings is 2. The fourth-order valence-electron chi connectivity index (χ4n) is 1.98. The number of anilines is 1. The minimum atomic E-state index is -1.18. The Balaban J connectivity index is 2.23. The quantitative estimate of drug-likeness (QED) is 0.902. The van der Waals surface area contributed by atoms with Crippen molar-refractivity contribution in [2.75, 3.05) is 5.32 Å². The largest absolute Gasteiger partial charge is 0.324 e. The Bertz CT molecular complexity index is 603. The summed E-state index contributed by atoms with van der Waals surface area (Å²) in [7, 11) is 0. The second kappa shape index (κ2) is 5.43. The van der Waals surface area contributed by atoms with E-state index in [-0.39, 0.29) is 5.91 Å². The number of carbonyl (C=O) groups is 1. The molecule has 3 N–H and O–H groups in total. The van der Waals surface area contributed by atoms with Gasteiger partial charge in [0, 0.05) is 5.69 Å². The molecule has 1 atom stereocenters. The molecule has 0 aromatic heterocycles. The van der Waals surface area contributed by atoms with E-state index in [1.165, 1.54) is 12.1 Å². The van der Waals surface area contributed by atoms with Gasteiger partial charge in [0.2, 0.25) is 5.91 Å². The van der Waals surface area contributed by atoms with Crippen LogP contribution in [0, 0.1) is 12.7 Å². The lowest BCUT2D eigenvalue weighted by Gasteiger charge is -2.24. The van der Waals surface area contributed by atoms with E-state index in [0.29, 0.717) is 11.3 Å². The highest BCUT2D eigenvalue weighted by Crippen LogP contribution is 2.21. The molecular weight excluding hydrogens is 255 g/mol. The number of nitrogens with one attached hydrogen (secondary N) is 1. The summed E-state index contributed by atoms with van der Waals surface area (Å²) in [4.78, 5) is 12.3. The Morgan fingerprint density at radius 3 is 2.45 bits per heavy atom. The zero-order chi connectivity index (χ0) is 14.8. The van der Waals surface area contributed by atoms with Crippen LogP contribution >= 0.6 is 0 Å². The summed E-state index contributed by atoms with van der Waals surface area (Å²) < 4.78 is 13.3. The molecule has 0 radical (unpaired) electrons. The summed E-state index contributed by atoms with van der Waals surface area (Å²) in [5.41, 5.74) is 6.76. The van der Waals surface area contributed by atoms with Crippen LogP contribution in [0.15, 0.2) is 48.5 Å². The fraction of sp³-hybridized carbons (Fsp3) is 0.188. The molecule has 0 bridgehead atoms. The van der Waals surface area contributed by atoms with Gasteiger partial charge >= 0.3 is 0 Å². The van der Waals surface area contributed by atoms with Crippen molar-refractivity contribution in [1.82, 2.24) is 0 Å². The van der Waals surface area contributed by atoms with Gasteiger partial charge in [0.05, 0.1) is 0 Å². The highest BCUT2D eigenvalue weighted by molar-refractivity contribution is 5.98. The highest BCUT2D eigenvalue weighted by atomic mass is 19.1. The first-order chi connectivity index (χ1) is 9.39. The van der Waals surface area contributed by atoms with Gasteiger partial charge in [-0.2, -0.15) is 0 Å². The zero-order valence-electron chi connectivity index (χ0n) is 11.5. The Morgan fingerprint density at radius 2 is 1.85 bits per heavy atom. The first-order valence-electron chi connectivity index (χ1n) is 6.32. The summed E-state index contributed by atoms with van der Waals surface area (Å²) in [6.07, 6.45) is 0. The summed E-state index contributed by atoms with van der Waals surface area (Å²) in [6.45, 7) is 3.39. The number of aryl methyl sites for hydroxylation is 1. The fourth-order valence-corrected chi connectivity index (χ4v) is 1.98.